The quantitative estimate of drug-likeness (QED) is 0.196. The van der Waals surface area contributed by atoms with Crippen LogP contribution in [-0.2, 0) is 53.4 Å². The average Bonchev–Trinajstić information content (AvgIpc) is 2.67. The summed E-state index contributed by atoms with van der Waals surface area (Å²) in [4.78, 5) is 11.5. The van der Waals surface area contributed by atoms with Gasteiger partial charge in [-0.2, -0.15) is 5.75 Å². The second kappa shape index (κ2) is 13.9. The minimum atomic E-state index is 0. The van der Waals surface area contributed by atoms with Crippen molar-refractivity contribution in [1.82, 2.24) is 5.32 Å². The zero-order valence-corrected chi connectivity index (χ0v) is 19.0. The molecule has 2 aromatic rings. The van der Waals surface area contributed by atoms with Crippen LogP contribution in [0.3, 0.4) is 0 Å². The molecule has 0 aromatic carbocycles. The van der Waals surface area contributed by atoms with Crippen LogP contribution >= 0.6 is 0 Å². The maximum absolute atomic E-state index is 11.5. The molecule has 1 N–H and O–H groups in total. The van der Waals surface area contributed by atoms with Gasteiger partial charge in [-0.1, -0.05) is 12.8 Å². The number of hydrogen-bond acceptors (Lipinski definition) is 2. The van der Waals surface area contributed by atoms with Crippen LogP contribution in [0.2, 0.25) is 0 Å². The summed E-state index contributed by atoms with van der Waals surface area (Å²) >= 11 is 4.81. The Bertz CT molecular complexity index is 662. The molecule has 27 heavy (non-hydrogen) atoms. The summed E-state index contributed by atoms with van der Waals surface area (Å²) < 4.78 is 4.29. The monoisotopic (exact) mass is 569 g/mol. The second-order valence-electron chi connectivity index (χ2n) is 6.65. The molecule has 0 spiro atoms. The first-order chi connectivity index (χ1) is 12.7. The van der Waals surface area contributed by atoms with E-state index in [4.69, 9.17) is 12.6 Å². The first-order valence-corrected chi connectivity index (χ1v) is 10.1. The molecule has 0 saturated carbocycles. The molecule has 2 aromatic heterocycles. The number of carbonyl (C=O) groups excluding carboxylic acids is 1. The van der Waals surface area contributed by atoms with Gasteiger partial charge in [-0.25, -0.2) is 9.13 Å². The molecule has 0 radical (unpaired) electrons. The summed E-state index contributed by atoms with van der Waals surface area (Å²) in [6.07, 6.45) is 14.7. The van der Waals surface area contributed by atoms with E-state index in [1.54, 1.807) is 0 Å². The summed E-state index contributed by atoms with van der Waals surface area (Å²) in [5, 5.41) is 2.83. The van der Waals surface area contributed by atoms with Crippen molar-refractivity contribution in [2.75, 3.05) is 12.3 Å². The molecular weight excluding hydrogens is 539 g/mol. The van der Waals surface area contributed by atoms with Crippen molar-refractivity contribution in [2.24, 2.45) is 7.05 Å². The number of pyridine rings is 2. The zero-order valence-electron chi connectivity index (χ0n) is 16.0. The molecule has 4 nitrogen and oxygen atoms in total. The van der Waals surface area contributed by atoms with Gasteiger partial charge in [-0.15, -0.1) is 0 Å². The summed E-state index contributed by atoms with van der Waals surface area (Å²) in [7, 11) is 2.03. The number of carbonyl (C=O) groups is 1. The van der Waals surface area contributed by atoms with Gasteiger partial charge >= 0.3 is 22.4 Å². The Balaban J connectivity index is 0.00000364. The molecular formula is C21H30AuN3OS+2. The van der Waals surface area contributed by atoms with Crippen LogP contribution in [0.25, 0.3) is 11.1 Å². The van der Waals surface area contributed by atoms with Crippen molar-refractivity contribution >= 4 is 18.5 Å². The molecule has 150 valence electrons. The fourth-order valence-electron chi connectivity index (χ4n) is 2.88. The van der Waals surface area contributed by atoms with Crippen molar-refractivity contribution in [1.29, 1.82) is 0 Å². The van der Waals surface area contributed by atoms with Crippen LogP contribution in [0.1, 0.15) is 38.5 Å². The van der Waals surface area contributed by atoms with E-state index in [0.717, 1.165) is 19.4 Å². The number of unbranched alkanes of at least 4 members (excludes halogenated alkanes) is 4. The van der Waals surface area contributed by atoms with E-state index in [9.17, 15) is 4.79 Å². The van der Waals surface area contributed by atoms with Crippen LogP contribution < -0.4 is 14.5 Å². The van der Waals surface area contributed by atoms with Crippen molar-refractivity contribution in [3.05, 3.63) is 49.1 Å². The van der Waals surface area contributed by atoms with Gasteiger partial charge in [0, 0.05) is 37.1 Å². The molecule has 6 heteroatoms. The van der Waals surface area contributed by atoms with Crippen molar-refractivity contribution in [2.45, 2.75) is 45.1 Å². The Kier molecular flexibility index (Phi) is 12.3. The molecule has 0 aliphatic carbocycles. The number of hydrogen-bond donors (Lipinski definition) is 1. The summed E-state index contributed by atoms with van der Waals surface area (Å²) in [5.74, 6) is 0.728. The predicted octanol–water partition coefficient (Wildman–Crippen LogP) is 2.47. The molecule has 0 aliphatic rings. The van der Waals surface area contributed by atoms with Crippen molar-refractivity contribution < 1.29 is 36.3 Å². The van der Waals surface area contributed by atoms with Gasteiger partial charge < -0.3 is 17.9 Å². The van der Waals surface area contributed by atoms with Gasteiger partial charge in [0.25, 0.3) is 0 Å². The van der Waals surface area contributed by atoms with E-state index in [-0.39, 0.29) is 28.3 Å². The Hall–Kier alpha value is -1.14. The Morgan fingerprint density at radius 3 is 2.11 bits per heavy atom. The summed E-state index contributed by atoms with van der Waals surface area (Å²) in [6.45, 7) is 1.66. The first kappa shape index (κ1) is 23.9. The number of nitrogens with zero attached hydrogens (tertiary/aromatic N) is 2. The van der Waals surface area contributed by atoms with Gasteiger partial charge in [0.1, 0.15) is 13.6 Å². The van der Waals surface area contributed by atoms with E-state index in [1.807, 2.05) is 11.6 Å². The molecule has 0 unspecified atom stereocenters. The minimum absolute atomic E-state index is 0. The minimum Gasteiger partial charge on any atom is -0.791 e. The number of aromatic nitrogens is 2. The van der Waals surface area contributed by atoms with Gasteiger partial charge in [0.05, 0.1) is 0 Å². The van der Waals surface area contributed by atoms with Crippen LogP contribution in [0, 0.1) is 0 Å². The average molecular weight is 570 g/mol. The SMILES string of the molecule is C[n+]1ccc(-c2cc[n+](CCCCCCCC(=O)NCC[S-])cc2)cc1.[Au+]. The van der Waals surface area contributed by atoms with E-state index in [0.29, 0.717) is 18.7 Å². The van der Waals surface area contributed by atoms with E-state index >= 15 is 0 Å². The third kappa shape index (κ3) is 9.56. The number of nitrogens with one attached hydrogen (secondary N) is 1. The van der Waals surface area contributed by atoms with E-state index in [2.05, 4.69) is 58.9 Å². The van der Waals surface area contributed by atoms with Crippen molar-refractivity contribution in [3.8, 4) is 11.1 Å². The fourth-order valence-corrected chi connectivity index (χ4v) is 2.98. The van der Waals surface area contributed by atoms with Crippen LogP contribution in [0.4, 0.5) is 0 Å². The third-order valence-corrected chi connectivity index (χ3v) is 4.65. The molecule has 0 bridgehead atoms. The normalized spacial score (nSPS) is 10.3. The molecule has 0 saturated heterocycles. The maximum atomic E-state index is 11.5. The van der Waals surface area contributed by atoms with Crippen molar-refractivity contribution in [3.63, 3.8) is 0 Å². The van der Waals surface area contributed by atoms with E-state index in [1.165, 1.54) is 30.4 Å². The number of rotatable bonds is 11. The van der Waals surface area contributed by atoms with Gasteiger partial charge in [0.2, 0.25) is 5.91 Å². The van der Waals surface area contributed by atoms with Crippen LogP contribution in [-0.4, -0.2) is 18.2 Å². The van der Waals surface area contributed by atoms with E-state index < -0.39 is 0 Å². The molecule has 0 fully saturated rings. The molecule has 1 amide bonds. The molecule has 2 rings (SSSR count). The summed E-state index contributed by atoms with van der Waals surface area (Å²) in [6, 6.07) is 8.63. The van der Waals surface area contributed by atoms with Gasteiger partial charge in [-0.05, 0) is 30.5 Å². The number of aryl methyl sites for hydroxylation is 2. The topological polar surface area (TPSA) is 36.9 Å². The second-order valence-corrected chi connectivity index (χ2v) is 7.06. The first-order valence-electron chi connectivity index (χ1n) is 9.48. The standard InChI is InChI=1S/C21H29N3OS.Au/c1-23-14-8-19(9-15-23)20-10-16-24(17-11-20)13-6-4-2-3-5-7-21(25)22-12-18-26;/h8-11,14-17H,2-7,12-13,18H2,1H3;/q;+1/p+1. The molecule has 2 heterocycles. The molecule has 0 atom stereocenters. The number of amides is 1. The third-order valence-electron chi connectivity index (χ3n) is 4.45. The Labute approximate surface area is 184 Å². The largest absolute Gasteiger partial charge is 1.00 e. The van der Waals surface area contributed by atoms with Crippen LogP contribution in [0.15, 0.2) is 49.1 Å². The fraction of sp³-hybridized carbons (Fsp3) is 0.476. The Morgan fingerprint density at radius 1 is 0.926 bits per heavy atom. The smallest absolute Gasteiger partial charge is 0.791 e. The van der Waals surface area contributed by atoms with Gasteiger partial charge in [0.15, 0.2) is 24.8 Å². The predicted molar refractivity (Wildman–Crippen MR) is 106 cm³/mol. The summed E-state index contributed by atoms with van der Waals surface area (Å²) in [5.41, 5.74) is 2.49. The zero-order chi connectivity index (χ0) is 18.6. The maximum Gasteiger partial charge on any atom is 1.00 e. The Morgan fingerprint density at radius 2 is 1.48 bits per heavy atom. The van der Waals surface area contributed by atoms with Gasteiger partial charge in [-0.3, -0.25) is 4.79 Å². The van der Waals surface area contributed by atoms with Crippen LogP contribution in [0.5, 0.6) is 0 Å². The molecule has 0 aliphatic heterocycles.